The van der Waals surface area contributed by atoms with Gasteiger partial charge in [0.05, 0.1) is 7.11 Å². The molecule has 1 N–H and O–H groups in total. The van der Waals surface area contributed by atoms with Gasteiger partial charge in [-0.25, -0.2) is 0 Å². The number of benzene rings is 3. The Kier molecular flexibility index (Phi) is 6.85. The zero-order valence-corrected chi connectivity index (χ0v) is 17.8. The molecule has 1 aliphatic rings. The van der Waals surface area contributed by atoms with Crippen molar-refractivity contribution in [3.05, 3.63) is 78.4 Å². The fourth-order valence-corrected chi connectivity index (χ4v) is 3.80. The van der Waals surface area contributed by atoms with Crippen LogP contribution in [0.25, 0.3) is 11.1 Å². The van der Waals surface area contributed by atoms with Crippen LogP contribution in [0.2, 0.25) is 0 Å². The first-order valence-corrected chi connectivity index (χ1v) is 10.7. The monoisotopic (exact) mass is 416 g/mol. The third kappa shape index (κ3) is 5.44. The SMILES string of the molecule is COc1cc(NC(=O)c2ccc(-c3ccccc3)cc2)ccc1OCCN1CCCC1. The van der Waals surface area contributed by atoms with Crippen molar-refractivity contribution in [3.8, 4) is 22.6 Å². The molecular formula is C26H28N2O3. The standard InChI is InChI=1S/C26H28N2O3/c1-30-25-19-23(13-14-24(25)31-18-17-28-15-5-6-16-28)27-26(29)22-11-9-21(10-12-22)20-7-3-2-4-8-20/h2-4,7-14,19H,5-6,15-18H2,1H3,(H,27,29). The van der Waals surface area contributed by atoms with E-state index in [1.165, 1.54) is 12.8 Å². The topological polar surface area (TPSA) is 50.8 Å². The fourth-order valence-electron chi connectivity index (χ4n) is 3.80. The molecule has 31 heavy (non-hydrogen) atoms. The Hall–Kier alpha value is -3.31. The summed E-state index contributed by atoms with van der Waals surface area (Å²) in [5.41, 5.74) is 3.47. The zero-order valence-electron chi connectivity index (χ0n) is 17.8. The van der Waals surface area contributed by atoms with Gasteiger partial charge in [-0.05, 0) is 61.3 Å². The van der Waals surface area contributed by atoms with E-state index < -0.39 is 0 Å². The van der Waals surface area contributed by atoms with E-state index in [2.05, 4.69) is 22.3 Å². The summed E-state index contributed by atoms with van der Waals surface area (Å²) in [6.07, 6.45) is 2.54. The summed E-state index contributed by atoms with van der Waals surface area (Å²) in [5.74, 6) is 1.13. The van der Waals surface area contributed by atoms with Gasteiger partial charge in [-0.15, -0.1) is 0 Å². The average molecular weight is 417 g/mol. The third-order valence-corrected chi connectivity index (χ3v) is 5.54. The molecule has 5 heteroatoms. The minimum atomic E-state index is -0.163. The van der Waals surface area contributed by atoms with Gasteiger partial charge in [0.2, 0.25) is 0 Å². The highest BCUT2D eigenvalue weighted by atomic mass is 16.5. The van der Waals surface area contributed by atoms with Crippen molar-refractivity contribution < 1.29 is 14.3 Å². The molecule has 1 heterocycles. The van der Waals surface area contributed by atoms with E-state index in [1.807, 2.05) is 54.6 Å². The molecule has 1 saturated heterocycles. The molecule has 0 unspecified atom stereocenters. The summed E-state index contributed by atoms with van der Waals surface area (Å²) in [7, 11) is 1.61. The van der Waals surface area contributed by atoms with Crippen molar-refractivity contribution in [3.63, 3.8) is 0 Å². The molecule has 0 bridgehead atoms. The number of amides is 1. The number of hydrogen-bond acceptors (Lipinski definition) is 4. The molecule has 0 spiro atoms. The van der Waals surface area contributed by atoms with Crippen LogP contribution < -0.4 is 14.8 Å². The largest absolute Gasteiger partial charge is 0.493 e. The van der Waals surface area contributed by atoms with Crippen LogP contribution in [0.3, 0.4) is 0 Å². The Morgan fingerprint density at radius 1 is 0.903 bits per heavy atom. The zero-order chi connectivity index (χ0) is 21.5. The van der Waals surface area contributed by atoms with E-state index in [9.17, 15) is 4.79 Å². The lowest BCUT2D eigenvalue weighted by Gasteiger charge is -2.16. The minimum Gasteiger partial charge on any atom is -0.493 e. The van der Waals surface area contributed by atoms with E-state index in [-0.39, 0.29) is 5.91 Å². The maximum atomic E-state index is 12.7. The van der Waals surface area contributed by atoms with Crippen LogP contribution >= 0.6 is 0 Å². The Labute approximate surface area is 183 Å². The molecule has 0 saturated carbocycles. The second-order valence-corrected chi connectivity index (χ2v) is 7.66. The number of ether oxygens (including phenoxy) is 2. The van der Waals surface area contributed by atoms with Crippen molar-refractivity contribution >= 4 is 11.6 Å². The Morgan fingerprint density at radius 3 is 2.32 bits per heavy atom. The summed E-state index contributed by atoms with van der Waals surface area (Å²) in [4.78, 5) is 15.1. The van der Waals surface area contributed by atoms with Crippen molar-refractivity contribution in [2.75, 3.05) is 38.7 Å². The highest BCUT2D eigenvalue weighted by molar-refractivity contribution is 6.04. The summed E-state index contributed by atoms with van der Waals surface area (Å²) in [6, 6.07) is 23.2. The number of likely N-dealkylation sites (tertiary alicyclic amines) is 1. The summed E-state index contributed by atoms with van der Waals surface area (Å²) < 4.78 is 11.4. The molecule has 0 aliphatic carbocycles. The molecular weight excluding hydrogens is 388 g/mol. The smallest absolute Gasteiger partial charge is 0.255 e. The lowest BCUT2D eigenvalue weighted by Crippen LogP contribution is -2.25. The van der Waals surface area contributed by atoms with Gasteiger partial charge in [0.1, 0.15) is 6.61 Å². The van der Waals surface area contributed by atoms with Gasteiger partial charge >= 0.3 is 0 Å². The van der Waals surface area contributed by atoms with Crippen LogP contribution in [0.1, 0.15) is 23.2 Å². The van der Waals surface area contributed by atoms with E-state index in [4.69, 9.17) is 9.47 Å². The quantitative estimate of drug-likeness (QED) is 0.556. The molecule has 0 radical (unpaired) electrons. The van der Waals surface area contributed by atoms with Gasteiger partial charge in [-0.2, -0.15) is 0 Å². The van der Waals surface area contributed by atoms with Gasteiger partial charge in [-0.1, -0.05) is 42.5 Å². The molecule has 0 atom stereocenters. The predicted molar refractivity (Wildman–Crippen MR) is 124 cm³/mol. The van der Waals surface area contributed by atoms with Crippen molar-refractivity contribution in [2.24, 2.45) is 0 Å². The van der Waals surface area contributed by atoms with E-state index in [1.54, 1.807) is 13.2 Å². The molecule has 1 aliphatic heterocycles. The van der Waals surface area contributed by atoms with E-state index in [0.29, 0.717) is 29.4 Å². The molecule has 3 aromatic carbocycles. The third-order valence-electron chi connectivity index (χ3n) is 5.54. The highest BCUT2D eigenvalue weighted by Gasteiger charge is 2.13. The van der Waals surface area contributed by atoms with Crippen molar-refractivity contribution in [2.45, 2.75) is 12.8 Å². The number of carbonyl (C=O) groups is 1. The highest BCUT2D eigenvalue weighted by Crippen LogP contribution is 2.30. The van der Waals surface area contributed by atoms with Crippen LogP contribution in [0, 0.1) is 0 Å². The van der Waals surface area contributed by atoms with Gasteiger partial charge in [0, 0.05) is 23.9 Å². The number of methoxy groups -OCH3 is 1. The summed E-state index contributed by atoms with van der Waals surface area (Å²) in [6.45, 7) is 3.84. The van der Waals surface area contributed by atoms with Gasteiger partial charge in [-0.3, -0.25) is 9.69 Å². The molecule has 3 aromatic rings. The molecule has 1 fully saturated rings. The number of rotatable bonds is 8. The number of anilines is 1. The van der Waals surface area contributed by atoms with Crippen LogP contribution in [-0.2, 0) is 0 Å². The first kappa shape index (κ1) is 20.9. The van der Waals surface area contributed by atoms with Crippen molar-refractivity contribution in [1.82, 2.24) is 4.90 Å². The minimum absolute atomic E-state index is 0.163. The van der Waals surface area contributed by atoms with Crippen LogP contribution in [0.4, 0.5) is 5.69 Å². The average Bonchev–Trinajstić information content (AvgIpc) is 3.34. The first-order valence-electron chi connectivity index (χ1n) is 10.7. The summed E-state index contributed by atoms with van der Waals surface area (Å²) >= 11 is 0. The first-order chi connectivity index (χ1) is 15.2. The molecule has 160 valence electrons. The lowest BCUT2D eigenvalue weighted by molar-refractivity contribution is 0.102. The number of nitrogens with zero attached hydrogens (tertiary/aromatic N) is 1. The van der Waals surface area contributed by atoms with E-state index in [0.717, 1.165) is 30.8 Å². The predicted octanol–water partition coefficient (Wildman–Crippen LogP) is 5.09. The van der Waals surface area contributed by atoms with Gasteiger partial charge in [0.25, 0.3) is 5.91 Å². The maximum absolute atomic E-state index is 12.7. The van der Waals surface area contributed by atoms with Crippen LogP contribution in [-0.4, -0.2) is 44.2 Å². The van der Waals surface area contributed by atoms with Crippen LogP contribution in [0.15, 0.2) is 72.8 Å². The number of nitrogens with one attached hydrogen (secondary N) is 1. The second-order valence-electron chi connectivity index (χ2n) is 7.66. The Balaban J connectivity index is 1.37. The van der Waals surface area contributed by atoms with Crippen LogP contribution in [0.5, 0.6) is 11.5 Å². The molecule has 4 rings (SSSR count). The second kappa shape index (κ2) is 10.1. The van der Waals surface area contributed by atoms with Gasteiger partial charge < -0.3 is 14.8 Å². The van der Waals surface area contributed by atoms with Gasteiger partial charge in [0.15, 0.2) is 11.5 Å². The Morgan fingerprint density at radius 2 is 1.61 bits per heavy atom. The number of hydrogen-bond donors (Lipinski definition) is 1. The number of carbonyl (C=O) groups excluding carboxylic acids is 1. The lowest BCUT2D eigenvalue weighted by atomic mass is 10.0. The molecule has 5 nitrogen and oxygen atoms in total. The molecule has 1 amide bonds. The fraction of sp³-hybridized carbons (Fsp3) is 0.269. The normalized spacial score (nSPS) is 13.7. The summed E-state index contributed by atoms with van der Waals surface area (Å²) in [5, 5.41) is 2.94. The van der Waals surface area contributed by atoms with Crippen molar-refractivity contribution in [1.29, 1.82) is 0 Å². The van der Waals surface area contributed by atoms with E-state index >= 15 is 0 Å². The Bertz CT molecular complexity index is 997. The maximum Gasteiger partial charge on any atom is 0.255 e. The molecule has 0 aromatic heterocycles.